The van der Waals surface area contributed by atoms with E-state index in [1.54, 1.807) is 13.8 Å². The van der Waals surface area contributed by atoms with Gasteiger partial charge >= 0.3 is 5.97 Å². The smallest absolute Gasteiger partial charge is 0.323 e. The van der Waals surface area contributed by atoms with Gasteiger partial charge in [-0.3, -0.25) is 14.9 Å². The van der Waals surface area contributed by atoms with Crippen LogP contribution in [0.3, 0.4) is 0 Å². The first-order valence-corrected chi connectivity index (χ1v) is 6.32. The predicted molar refractivity (Wildman–Crippen MR) is 71.2 cm³/mol. The van der Waals surface area contributed by atoms with Crippen molar-refractivity contribution in [3.63, 3.8) is 0 Å². The zero-order valence-electron chi connectivity index (χ0n) is 12.5. The third kappa shape index (κ3) is 7.27. The van der Waals surface area contributed by atoms with Crippen LogP contribution in [-0.4, -0.2) is 35.6 Å². The molecule has 0 aromatic rings. The van der Waals surface area contributed by atoms with Crippen molar-refractivity contribution in [1.82, 2.24) is 10.6 Å². The van der Waals surface area contributed by atoms with E-state index in [-0.39, 0.29) is 17.9 Å². The first-order chi connectivity index (χ1) is 8.03. The highest BCUT2D eigenvalue weighted by atomic mass is 16.6. The summed E-state index contributed by atoms with van der Waals surface area (Å²) in [6.07, 6.45) is 0. The van der Waals surface area contributed by atoms with Gasteiger partial charge in [0.05, 0.1) is 6.04 Å². The first kappa shape index (κ1) is 16.9. The summed E-state index contributed by atoms with van der Waals surface area (Å²) in [7, 11) is 0. The lowest BCUT2D eigenvalue weighted by molar-refractivity contribution is -0.157. The van der Waals surface area contributed by atoms with Crippen LogP contribution in [0, 0.1) is 0 Å². The zero-order chi connectivity index (χ0) is 14.5. The van der Waals surface area contributed by atoms with Gasteiger partial charge in [-0.1, -0.05) is 0 Å². The number of ether oxygens (including phenoxy) is 1. The van der Waals surface area contributed by atoms with E-state index in [1.165, 1.54) is 0 Å². The van der Waals surface area contributed by atoms with Gasteiger partial charge in [-0.25, -0.2) is 0 Å². The Balaban J connectivity index is 4.26. The average molecular weight is 258 g/mol. The van der Waals surface area contributed by atoms with Crippen LogP contribution >= 0.6 is 0 Å². The lowest BCUT2D eigenvalue weighted by Crippen LogP contribution is -2.50. The Labute approximate surface area is 110 Å². The SMILES string of the molecule is CC(C)NC(=O)C(C)NC(C)C(=O)OC(C)(C)C. The Morgan fingerprint density at radius 2 is 1.50 bits per heavy atom. The van der Waals surface area contributed by atoms with Crippen molar-refractivity contribution in [2.75, 3.05) is 0 Å². The van der Waals surface area contributed by atoms with Gasteiger partial charge in [0, 0.05) is 6.04 Å². The second-order valence-electron chi connectivity index (χ2n) is 5.81. The number of rotatable bonds is 5. The maximum absolute atomic E-state index is 11.7. The number of carbonyl (C=O) groups is 2. The minimum atomic E-state index is -0.517. The largest absolute Gasteiger partial charge is 0.459 e. The third-order valence-electron chi connectivity index (χ3n) is 2.08. The second kappa shape index (κ2) is 6.73. The molecule has 0 heterocycles. The number of carbonyl (C=O) groups excluding carboxylic acids is 2. The van der Waals surface area contributed by atoms with E-state index in [4.69, 9.17) is 4.74 Å². The van der Waals surface area contributed by atoms with Crippen LogP contribution in [0.5, 0.6) is 0 Å². The molecular formula is C13H26N2O3. The molecule has 0 saturated carbocycles. The lowest BCUT2D eigenvalue weighted by Gasteiger charge is -2.24. The van der Waals surface area contributed by atoms with Crippen molar-refractivity contribution in [2.45, 2.75) is 72.2 Å². The van der Waals surface area contributed by atoms with Gasteiger partial charge in [0.15, 0.2) is 0 Å². The maximum Gasteiger partial charge on any atom is 0.323 e. The van der Waals surface area contributed by atoms with Crippen LogP contribution in [0.2, 0.25) is 0 Å². The van der Waals surface area contributed by atoms with E-state index >= 15 is 0 Å². The molecule has 2 atom stereocenters. The molecule has 5 heteroatoms. The summed E-state index contributed by atoms with van der Waals surface area (Å²) >= 11 is 0. The fourth-order valence-corrected chi connectivity index (χ4v) is 1.32. The number of hydrogen-bond donors (Lipinski definition) is 2. The summed E-state index contributed by atoms with van der Waals surface area (Å²) in [5.74, 6) is -0.480. The predicted octanol–water partition coefficient (Wildman–Crippen LogP) is 1.22. The van der Waals surface area contributed by atoms with Gasteiger partial charge in [-0.2, -0.15) is 0 Å². The highest BCUT2D eigenvalue weighted by molar-refractivity contribution is 5.83. The topological polar surface area (TPSA) is 67.4 Å². The summed E-state index contributed by atoms with van der Waals surface area (Å²) in [4.78, 5) is 23.4. The van der Waals surface area contributed by atoms with Crippen molar-refractivity contribution >= 4 is 11.9 Å². The Bertz CT molecular complexity index is 295. The molecule has 0 saturated heterocycles. The van der Waals surface area contributed by atoms with Gasteiger partial charge in [-0.05, 0) is 48.5 Å². The second-order valence-corrected chi connectivity index (χ2v) is 5.81. The Morgan fingerprint density at radius 3 is 1.89 bits per heavy atom. The van der Waals surface area contributed by atoms with Gasteiger partial charge in [0.1, 0.15) is 11.6 Å². The Kier molecular flexibility index (Phi) is 6.32. The molecule has 18 heavy (non-hydrogen) atoms. The summed E-state index contributed by atoms with van der Waals surface area (Å²) < 4.78 is 5.23. The van der Waals surface area contributed by atoms with Gasteiger partial charge in [-0.15, -0.1) is 0 Å². The molecule has 0 fully saturated rings. The number of hydrogen-bond acceptors (Lipinski definition) is 4. The van der Waals surface area contributed by atoms with Crippen molar-refractivity contribution in [3.05, 3.63) is 0 Å². The summed E-state index contributed by atoms with van der Waals surface area (Å²) in [5, 5.41) is 5.70. The van der Waals surface area contributed by atoms with Crippen molar-refractivity contribution in [3.8, 4) is 0 Å². The molecule has 0 aliphatic heterocycles. The van der Waals surface area contributed by atoms with Crippen LogP contribution in [-0.2, 0) is 14.3 Å². The standard InChI is InChI=1S/C13H26N2O3/c1-8(2)14-11(16)9(3)15-10(4)12(17)18-13(5,6)7/h8-10,15H,1-7H3,(H,14,16). The number of amides is 1. The molecule has 0 aliphatic carbocycles. The van der Waals surface area contributed by atoms with Crippen LogP contribution in [0.15, 0.2) is 0 Å². The fourth-order valence-electron chi connectivity index (χ4n) is 1.32. The van der Waals surface area contributed by atoms with Crippen LogP contribution in [0.25, 0.3) is 0 Å². The quantitative estimate of drug-likeness (QED) is 0.728. The molecular weight excluding hydrogens is 232 g/mol. The molecule has 0 aromatic heterocycles. The molecule has 5 nitrogen and oxygen atoms in total. The normalized spacial score (nSPS) is 15.1. The molecule has 0 rings (SSSR count). The monoisotopic (exact) mass is 258 g/mol. The van der Waals surface area contributed by atoms with Crippen molar-refractivity contribution in [1.29, 1.82) is 0 Å². The summed E-state index contributed by atoms with van der Waals surface area (Å²) in [6.45, 7) is 12.6. The van der Waals surface area contributed by atoms with E-state index in [0.717, 1.165) is 0 Å². The maximum atomic E-state index is 11.7. The van der Waals surface area contributed by atoms with Crippen LogP contribution in [0.1, 0.15) is 48.5 Å². The molecule has 0 bridgehead atoms. The summed E-state index contributed by atoms with van der Waals surface area (Å²) in [6, 6.07) is -0.870. The molecule has 2 unspecified atom stereocenters. The van der Waals surface area contributed by atoms with E-state index in [2.05, 4.69) is 10.6 Å². The van der Waals surface area contributed by atoms with Gasteiger partial charge in [0.2, 0.25) is 5.91 Å². The fraction of sp³-hybridized carbons (Fsp3) is 0.846. The summed E-state index contributed by atoms with van der Waals surface area (Å²) in [5.41, 5.74) is -0.517. The Morgan fingerprint density at radius 1 is 1.00 bits per heavy atom. The Hall–Kier alpha value is -1.10. The minimum absolute atomic E-state index is 0.0820. The molecule has 0 aliphatic rings. The molecule has 0 spiro atoms. The molecule has 0 radical (unpaired) electrons. The molecule has 106 valence electrons. The molecule has 1 amide bonds. The van der Waals surface area contributed by atoms with E-state index < -0.39 is 17.7 Å². The lowest BCUT2D eigenvalue weighted by atomic mass is 10.2. The van der Waals surface area contributed by atoms with Crippen molar-refractivity contribution < 1.29 is 14.3 Å². The number of esters is 1. The highest BCUT2D eigenvalue weighted by Gasteiger charge is 2.24. The highest BCUT2D eigenvalue weighted by Crippen LogP contribution is 2.08. The molecule has 2 N–H and O–H groups in total. The van der Waals surface area contributed by atoms with Crippen molar-refractivity contribution in [2.24, 2.45) is 0 Å². The third-order valence-corrected chi connectivity index (χ3v) is 2.08. The first-order valence-electron chi connectivity index (χ1n) is 6.32. The zero-order valence-corrected chi connectivity index (χ0v) is 12.5. The number of nitrogens with one attached hydrogen (secondary N) is 2. The van der Waals surface area contributed by atoms with E-state index in [1.807, 2.05) is 34.6 Å². The van der Waals surface area contributed by atoms with Crippen LogP contribution < -0.4 is 10.6 Å². The van der Waals surface area contributed by atoms with E-state index in [0.29, 0.717) is 0 Å². The van der Waals surface area contributed by atoms with Gasteiger partial charge < -0.3 is 10.1 Å². The minimum Gasteiger partial charge on any atom is -0.459 e. The van der Waals surface area contributed by atoms with Gasteiger partial charge in [0.25, 0.3) is 0 Å². The van der Waals surface area contributed by atoms with Crippen LogP contribution in [0.4, 0.5) is 0 Å². The molecule has 0 aromatic carbocycles. The van der Waals surface area contributed by atoms with E-state index in [9.17, 15) is 9.59 Å². The average Bonchev–Trinajstić information content (AvgIpc) is 2.13.